The van der Waals surface area contributed by atoms with Gasteiger partial charge in [0.2, 0.25) is 5.88 Å². The summed E-state index contributed by atoms with van der Waals surface area (Å²) >= 11 is 3.16. The highest BCUT2D eigenvalue weighted by Gasteiger charge is 2.22. The van der Waals surface area contributed by atoms with E-state index >= 15 is 0 Å². The van der Waals surface area contributed by atoms with Crippen molar-refractivity contribution in [2.45, 2.75) is 6.54 Å². The Kier molecular flexibility index (Phi) is 4.27. The minimum absolute atomic E-state index is 0.181. The number of amides is 2. The van der Waals surface area contributed by atoms with Crippen molar-refractivity contribution in [3.8, 4) is 5.88 Å². The first-order valence-corrected chi connectivity index (χ1v) is 5.16. The van der Waals surface area contributed by atoms with Crippen molar-refractivity contribution in [1.82, 2.24) is 9.88 Å². The van der Waals surface area contributed by atoms with Crippen LogP contribution in [0.5, 0.6) is 5.88 Å². The SMILES string of the molecule is COc1ncc(Br)cc1CN(C(=O)O)C(=O)O. The molecule has 2 amide bonds. The summed E-state index contributed by atoms with van der Waals surface area (Å²) in [4.78, 5) is 25.5. The number of methoxy groups -OCH3 is 1. The Bertz CT molecular complexity index is 437. The summed E-state index contributed by atoms with van der Waals surface area (Å²) in [7, 11) is 1.37. The van der Waals surface area contributed by atoms with Crippen molar-refractivity contribution < 1.29 is 24.5 Å². The number of nitrogens with zero attached hydrogens (tertiary/aromatic N) is 2. The van der Waals surface area contributed by atoms with Crippen LogP contribution in [0, 0.1) is 0 Å². The van der Waals surface area contributed by atoms with Crippen LogP contribution < -0.4 is 4.74 Å². The van der Waals surface area contributed by atoms with Crippen LogP contribution in [0.2, 0.25) is 0 Å². The second-order valence-corrected chi connectivity index (χ2v) is 3.89. The van der Waals surface area contributed by atoms with Gasteiger partial charge in [0.1, 0.15) is 0 Å². The van der Waals surface area contributed by atoms with Crippen LogP contribution in [0.25, 0.3) is 0 Å². The second kappa shape index (κ2) is 5.48. The molecule has 0 bridgehead atoms. The fourth-order valence-electron chi connectivity index (χ4n) is 1.15. The molecule has 0 atom stereocenters. The molecular formula is C9H9BrN2O5. The average molecular weight is 305 g/mol. The van der Waals surface area contributed by atoms with E-state index < -0.39 is 12.2 Å². The lowest BCUT2D eigenvalue weighted by molar-refractivity contribution is 0.120. The third kappa shape index (κ3) is 3.31. The smallest absolute Gasteiger partial charge is 0.417 e. The summed E-state index contributed by atoms with van der Waals surface area (Å²) in [5.74, 6) is 0.181. The number of pyridine rings is 1. The van der Waals surface area contributed by atoms with Gasteiger partial charge in [-0.2, -0.15) is 0 Å². The maximum Gasteiger partial charge on any atom is 0.417 e. The third-order valence-corrected chi connectivity index (χ3v) is 2.31. The molecule has 1 rings (SSSR count). The van der Waals surface area contributed by atoms with E-state index in [0.29, 0.717) is 10.0 Å². The molecule has 1 heterocycles. The van der Waals surface area contributed by atoms with Gasteiger partial charge in [0.05, 0.1) is 13.7 Å². The Morgan fingerprint density at radius 2 is 2.06 bits per heavy atom. The van der Waals surface area contributed by atoms with Crippen LogP contribution >= 0.6 is 15.9 Å². The second-order valence-electron chi connectivity index (χ2n) is 2.97. The van der Waals surface area contributed by atoms with E-state index in [-0.39, 0.29) is 17.3 Å². The molecule has 1 aromatic rings. The Hall–Kier alpha value is -1.83. The minimum atomic E-state index is -1.56. The lowest BCUT2D eigenvalue weighted by atomic mass is 10.2. The van der Waals surface area contributed by atoms with Crippen molar-refractivity contribution in [1.29, 1.82) is 0 Å². The molecule has 17 heavy (non-hydrogen) atoms. The normalized spacial score (nSPS) is 9.76. The Balaban J connectivity index is 3.03. The maximum atomic E-state index is 10.7. The predicted molar refractivity (Wildman–Crippen MR) is 60.1 cm³/mol. The lowest BCUT2D eigenvalue weighted by Crippen LogP contribution is -2.34. The highest BCUT2D eigenvalue weighted by Crippen LogP contribution is 2.21. The molecule has 0 saturated heterocycles. The fourth-order valence-corrected chi connectivity index (χ4v) is 1.53. The molecule has 0 radical (unpaired) electrons. The molecule has 92 valence electrons. The van der Waals surface area contributed by atoms with Crippen LogP contribution in [-0.4, -0.2) is 39.4 Å². The predicted octanol–water partition coefficient (Wildman–Crippen LogP) is 2.01. The Morgan fingerprint density at radius 3 is 2.53 bits per heavy atom. The number of hydrogen-bond donors (Lipinski definition) is 2. The largest absolute Gasteiger partial charge is 0.481 e. The fraction of sp³-hybridized carbons (Fsp3) is 0.222. The summed E-state index contributed by atoms with van der Waals surface area (Å²) in [5, 5.41) is 17.4. The van der Waals surface area contributed by atoms with Crippen LogP contribution in [0.1, 0.15) is 5.56 Å². The lowest BCUT2D eigenvalue weighted by Gasteiger charge is -2.15. The van der Waals surface area contributed by atoms with Crippen molar-refractivity contribution in [3.63, 3.8) is 0 Å². The van der Waals surface area contributed by atoms with Gasteiger partial charge < -0.3 is 14.9 Å². The van der Waals surface area contributed by atoms with Crippen LogP contribution in [0.3, 0.4) is 0 Å². The molecule has 2 N–H and O–H groups in total. The number of carbonyl (C=O) groups is 2. The molecule has 0 saturated carbocycles. The summed E-state index contributed by atoms with van der Waals surface area (Å²) in [6.07, 6.45) is -1.65. The summed E-state index contributed by atoms with van der Waals surface area (Å²) in [5.41, 5.74) is 0.353. The van der Waals surface area contributed by atoms with Crippen molar-refractivity contribution in [3.05, 3.63) is 22.3 Å². The number of ether oxygens (including phenoxy) is 1. The highest BCUT2D eigenvalue weighted by atomic mass is 79.9. The minimum Gasteiger partial charge on any atom is -0.481 e. The van der Waals surface area contributed by atoms with Gasteiger partial charge in [-0.15, -0.1) is 0 Å². The molecule has 0 aliphatic carbocycles. The van der Waals surface area contributed by atoms with Crippen molar-refractivity contribution in [2.24, 2.45) is 0 Å². The highest BCUT2D eigenvalue weighted by molar-refractivity contribution is 9.10. The molecule has 0 aliphatic rings. The van der Waals surface area contributed by atoms with Crippen molar-refractivity contribution in [2.75, 3.05) is 7.11 Å². The first kappa shape index (κ1) is 13.2. The molecular weight excluding hydrogens is 296 g/mol. The van der Waals surface area contributed by atoms with E-state index in [4.69, 9.17) is 14.9 Å². The molecule has 1 aromatic heterocycles. The van der Waals surface area contributed by atoms with Gasteiger partial charge in [-0.3, -0.25) is 0 Å². The number of imide groups is 1. The van der Waals surface area contributed by atoms with E-state index in [9.17, 15) is 9.59 Å². The van der Waals surface area contributed by atoms with Gasteiger partial charge in [-0.25, -0.2) is 19.5 Å². The number of hydrogen-bond acceptors (Lipinski definition) is 4. The molecule has 7 nitrogen and oxygen atoms in total. The number of rotatable bonds is 3. The van der Waals surface area contributed by atoms with Gasteiger partial charge in [0.25, 0.3) is 0 Å². The quantitative estimate of drug-likeness (QED) is 0.886. The van der Waals surface area contributed by atoms with E-state index in [1.807, 2.05) is 0 Å². The Labute approximate surface area is 105 Å². The standard InChI is InChI=1S/C9H9BrN2O5/c1-17-7-5(2-6(10)3-11-7)4-12(8(13)14)9(15)16/h2-3H,4H2,1H3,(H,13,14)(H,15,16). The van der Waals surface area contributed by atoms with E-state index in [2.05, 4.69) is 20.9 Å². The van der Waals surface area contributed by atoms with Gasteiger partial charge in [0.15, 0.2) is 0 Å². The zero-order valence-electron chi connectivity index (χ0n) is 8.75. The van der Waals surface area contributed by atoms with E-state index in [1.54, 1.807) is 6.07 Å². The summed E-state index contributed by atoms with van der Waals surface area (Å²) in [6.45, 7) is -0.347. The summed E-state index contributed by atoms with van der Waals surface area (Å²) < 4.78 is 5.52. The molecule has 0 unspecified atom stereocenters. The van der Waals surface area contributed by atoms with Crippen molar-refractivity contribution >= 4 is 28.1 Å². The number of aromatic nitrogens is 1. The number of carboxylic acid groups (broad SMARTS) is 2. The van der Waals surface area contributed by atoms with E-state index in [0.717, 1.165) is 0 Å². The molecule has 0 fully saturated rings. The van der Waals surface area contributed by atoms with Crippen LogP contribution in [0.4, 0.5) is 9.59 Å². The topological polar surface area (TPSA) is 100.0 Å². The first-order chi connectivity index (χ1) is 7.95. The van der Waals surface area contributed by atoms with Crippen LogP contribution in [-0.2, 0) is 6.54 Å². The third-order valence-electron chi connectivity index (χ3n) is 1.88. The van der Waals surface area contributed by atoms with Gasteiger partial charge in [0, 0.05) is 16.2 Å². The van der Waals surface area contributed by atoms with E-state index in [1.165, 1.54) is 13.3 Å². The van der Waals surface area contributed by atoms with Gasteiger partial charge >= 0.3 is 12.2 Å². The zero-order chi connectivity index (χ0) is 13.0. The molecule has 0 aliphatic heterocycles. The van der Waals surface area contributed by atoms with Gasteiger partial charge in [-0.05, 0) is 22.0 Å². The maximum absolute atomic E-state index is 10.7. The van der Waals surface area contributed by atoms with Gasteiger partial charge in [-0.1, -0.05) is 0 Å². The van der Waals surface area contributed by atoms with Crippen LogP contribution in [0.15, 0.2) is 16.7 Å². The molecule has 8 heteroatoms. The molecule has 0 spiro atoms. The Morgan fingerprint density at radius 1 is 1.47 bits per heavy atom. The zero-order valence-corrected chi connectivity index (χ0v) is 10.3. The monoisotopic (exact) mass is 304 g/mol. The first-order valence-electron chi connectivity index (χ1n) is 4.37. The summed E-state index contributed by atoms with van der Waals surface area (Å²) in [6, 6.07) is 1.55. The molecule has 0 aromatic carbocycles. The number of halogens is 1. The average Bonchev–Trinajstić information content (AvgIpc) is 2.25.